The zero-order chi connectivity index (χ0) is 14.1. The number of nitrogens with zero attached hydrogens (tertiary/aromatic N) is 2. The number of benzene rings is 1. The molecule has 0 aliphatic carbocycles. The van der Waals surface area contributed by atoms with E-state index in [4.69, 9.17) is 9.83 Å². The van der Waals surface area contributed by atoms with Crippen LogP contribution in [-0.2, 0) is 13.1 Å². The standard InChI is InChI=1S/C15H17N3O2/c1-2-17-11-6-3-4-7-12(11)18(15(17)16)10-13(19)14-8-5-9-20-14/h3-9,13,16,19H,2,10H2,1H3/t13-/m1/s1. The van der Waals surface area contributed by atoms with Crippen LogP contribution in [0.1, 0.15) is 18.8 Å². The Kier molecular flexibility index (Phi) is 3.20. The van der Waals surface area contributed by atoms with Gasteiger partial charge in [0.05, 0.1) is 23.8 Å². The van der Waals surface area contributed by atoms with Crippen LogP contribution in [0.25, 0.3) is 11.0 Å². The Morgan fingerprint density at radius 2 is 1.85 bits per heavy atom. The molecular formula is C15H17N3O2. The number of aliphatic hydroxyl groups excluding tert-OH is 1. The third-order valence-corrected chi connectivity index (χ3v) is 3.52. The number of nitrogens with one attached hydrogen (secondary N) is 1. The number of fused-ring (bicyclic) bond motifs is 1. The summed E-state index contributed by atoms with van der Waals surface area (Å²) in [6.45, 7) is 3.04. The molecule has 20 heavy (non-hydrogen) atoms. The first-order valence-electron chi connectivity index (χ1n) is 6.66. The van der Waals surface area contributed by atoms with Crippen LogP contribution in [0.3, 0.4) is 0 Å². The van der Waals surface area contributed by atoms with Crippen molar-refractivity contribution >= 4 is 11.0 Å². The summed E-state index contributed by atoms with van der Waals surface area (Å²) >= 11 is 0. The fourth-order valence-corrected chi connectivity index (χ4v) is 2.54. The molecule has 0 amide bonds. The van der Waals surface area contributed by atoms with E-state index in [9.17, 15) is 5.11 Å². The number of aryl methyl sites for hydroxylation is 1. The number of hydrogen-bond donors (Lipinski definition) is 2. The lowest BCUT2D eigenvalue weighted by Gasteiger charge is -2.09. The largest absolute Gasteiger partial charge is 0.467 e. The smallest absolute Gasteiger partial charge is 0.203 e. The van der Waals surface area contributed by atoms with Crippen LogP contribution in [-0.4, -0.2) is 14.2 Å². The minimum Gasteiger partial charge on any atom is -0.467 e. The maximum atomic E-state index is 10.2. The third-order valence-electron chi connectivity index (χ3n) is 3.52. The van der Waals surface area contributed by atoms with Gasteiger partial charge in [0, 0.05) is 6.54 Å². The van der Waals surface area contributed by atoms with E-state index in [1.165, 1.54) is 0 Å². The first-order valence-corrected chi connectivity index (χ1v) is 6.66. The number of aliphatic hydroxyl groups is 1. The second-order valence-corrected chi connectivity index (χ2v) is 4.70. The molecule has 5 heteroatoms. The van der Waals surface area contributed by atoms with Gasteiger partial charge in [0.2, 0.25) is 5.62 Å². The molecule has 0 aliphatic heterocycles. The van der Waals surface area contributed by atoms with E-state index in [0.717, 1.165) is 17.6 Å². The zero-order valence-corrected chi connectivity index (χ0v) is 11.3. The van der Waals surface area contributed by atoms with Gasteiger partial charge in [-0.3, -0.25) is 5.41 Å². The number of furan rings is 1. The number of aromatic nitrogens is 2. The highest BCUT2D eigenvalue weighted by molar-refractivity contribution is 5.75. The molecule has 0 aliphatic rings. The fourth-order valence-electron chi connectivity index (χ4n) is 2.54. The second kappa shape index (κ2) is 5.02. The van der Waals surface area contributed by atoms with Crippen LogP contribution >= 0.6 is 0 Å². The van der Waals surface area contributed by atoms with Crippen LogP contribution in [0.2, 0.25) is 0 Å². The van der Waals surface area contributed by atoms with Gasteiger partial charge in [-0.15, -0.1) is 0 Å². The summed E-state index contributed by atoms with van der Waals surface area (Å²) in [5.41, 5.74) is 2.34. The minimum atomic E-state index is -0.754. The van der Waals surface area contributed by atoms with Crippen LogP contribution in [0.4, 0.5) is 0 Å². The molecule has 0 radical (unpaired) electrons. The zero-order valence-electron chi connectivity index (χ0n) is 11.3. The van der Waals surface area contributed by atoms with Gasteiger partial charge in [-0.25, -0.2) is 0 Å². The number of hydrogen-bond acceptors (Lipinski definition) is 3. The van der Waals surface area contributed by atoms with Gasteiger partial charge in [0.25, 0.3) is 0 Å². The van der Waals surface area contributed by atoms with E-state index >= 15 is 0 Å². The van der Waals surface area contributed by atoms with Crippen LogP contribution in [0.15, 0.2) is 47.1 Å². The lowest BCUT2D eigenvalue weighted by molar-refractivity contribution is 0.130. The molecule has 3 rings (SSSR count). The molecule has 0 fully saturated rings. The van der Waals surface area contributed by atoms with Crippen molar-refractivity contribution in [1.29, 1.82) is 5.41 Å². The molecule has 3 aromatic rings. The highest BCUT2D eigenvalue weighted by Gasteiger charge is 2.15. The Hall–Kier alpha value is -2.27. The molecule has 0 spiro atoms. The summed E-state index contributed by atoms with van der Waals surface area (Å²) in [6.07, 6.45) is 0.787. The fraction of sp³-hybridized carbons (Fsp3) is 0.267. The molecule has 0 unspecified atom stereocenters. The Balaban J connectivity index is 2.08. The van der Waals surface area contributed by atoms with Crippen molar-refractivity contribution in [3.63, 3.8) is 0 Å². The van der Waals surface area contributed by atoms with Gasteiger partial charge >= 0.3 is 0 Å². The van der Waals surface area contributed by atoms with E-state index in [2.05, 4.69) is 0 Å². The molecule has 0 saturated carbocycles. The van der Waals surface area contributed by atoms with E-state index in [1.807, 2.05) is 40.3 Å². The predicted octanol–water partition coefficient (Wildman–Crippen LogP) is 2.27. The molecule has 5 nitrogen and oxygen atoms in total. The average molecular weight is 271 g/mol. The van der Waals surface area contributed by atoms with Crippen LogP contribution in [0.5, 0.6) is 0 Å². The Labute approximate surface area is 116 Å². The Bertz CT molecular complexity index is 768. The van der Waals surface area contributed by atoms with Gasteiger partial charge in [-0.2, -0.15) is 0 Å². The molecule has 2 N–H and O–H groups in total. The van der Waals surface area contributed by atoms with Crippen molar-refractivity contribution < 1.29 is 9.52 Å². The van der Waals surface area contributed by atoms with Crippen molar-refractivity contribution in [2.45, 2.75) is 26.1 Å². The van der Waals surface area contributed by atoms with E-state index in [-0.39, 0.29) is 0 Å². The van der Waals surface area contributed by atoms with Crippen molar-refractivity contribution in [1.82, 2.24) is 9.13 Å². The monoisotopic (exact) mass is 271 g/mol. The van der Waals surface area contributed by atoms with Gasteiger partial charge in [0.1, 0.15) is 11.9 Å². The molecular weight excluding hydrogens is 254 g/mol. The first kappa shape index (κ1) is 12.7. The molecule has 1 atom stereocenters. The molecule has 1 aromatic carbocycles. The maximum Gasteiger partial charge on any atom is 0.203 e. The third kappa shape index (κ3) is 1.96. The number of rotatable bonds is 4. The predicted molar refractivity (Wildman–Crippen MR) is 75.1 cm³/mol. The summed E-state index contributed by atoms with van der Waals surface area (Å²) in [4.78, 5) is 0. The summed E-state index contributed by atoms with van der Waals surface area (Å²) in [6, 6.07) is 11.4. The van der Waals surface area contributed by atoms with Crippen molar-refractivity contribution in [3.8, 4) is 0 Å². The van der Waals surface area contributed by atoms with Gasteiger partial charge in [0.15, 0.2) is 0 Å². The van der Waals surface area contributed by atoms with E-state index in [1.54, 1.807) is 18.4 Å². The quantitative estimate of drug-likeness (QED) is 0.764. The molecule has 0 saturated heterocycles. The van der Waals surface area contributed by atoms with Crippen LogP contribution < -0.4 is 5.62 Å². The summed E-state index contributed by atoms with van der Waals surface area (Å²) in [7, 11) is 0. The summed E-state index contributed by atoms with van der Waals surface area (Å²) < 4.78 is 8.95. The first-order chi connectivity index (χ1) is 9.72. The molecule has 2 heterocycles. The van der Waals surface area contributed by atoms with Gasteiger partial charge in [-0.1, -0.05) is 12.1 Å². The topological polar surface area (TPSA) is 67.1 Å². The lowest BCUT2D eigenvalue weighted by atomic mass is 10.2. The van der Waals surface area contributed by atoms with Crippen molar-refractivity contribution in [2.75, 3.05) is 0 Å². The normalized spacial score (nSPS) is 12.9. The maximum absolute atomic E-state index is 10.2. The minimum absolute atomic E-state index is 0.305. The van der Waals surface area contributed by atoms with Gasteiger partial charge in [-0.05, 0) is 31.2 Å². The summed E-state index contributed by atoms with van der Waals surface area (Å²) in [5.74, 6) is 0.519. The molecule has 2 aromatic heterocycles. The van der Waals surface area contributed by atoms with Crippen molar-refractivity contribution in [2.24, 2.45) is 0 Å². The van der Waals surface area contributed by atoms with Gasteiger partial charge < -0.3 is 18.7 Å². The van der Waals surface area contributed by atoms with Crippen molar-refractivity contribution in [3.05, 3.63) is 54.0 Å². The number of para-hydroxylation sites is 2. The Morgan fingerprint density at radius 3 is 2.45 bits per heavy atom. The highest BCUT2D eigenvalue weighted by atomic mass is 16.4. The Morgan fingerprint density at radius 1 is 1.15 bits per heavy atom. The second-order valence-electron chi connectivity index (χ2n) is 4.70. The van der Waals surface area contributed by atoms with Crippen LogP contribution in [0, 0.1) is 5.41 Å². The van der Waals surface area contributed by atoms with E-state index < -0.39 is 6.10 Å². The summed E-state index contributed by atoms with van der Waals surface area (Å²) in [5, 5.41) is 18.5. The lowest BCUT2D eigenvalue weighted by Crippen LogP contribution is -2.26. The molecule has 104 valence electrons. The number of imidazole rings is 1. The highest BCUT2D eigenvalue weighted by Crippen LogP contribution is 2.18. The average Bonchev–Trinajstić information content (AvgIpc) is 3.07. The SMILES string of the molecule is CCn1c(=N)n(C[C@@H](O)c2ccco2)c2ccccc21. The molecule has 0 bridgehead atoms. The van der Waals surface area contributed by atoms with E-state index in [0.29, 0.717) is 17.9 Å².